The Morgan fingerprint density at radius 1 is 1.53 bits per heavy atom. The van der Waals surface area contributed by atoms with Gasteiger partial charge in [-0.05, 0) is 6.92 Å². The summed E-state index contributed by atoms with van der Waals surface area (Å²) in [5.74, 6) is 0. The SMILES string of the molecule is C[C@H]1CNCCN1Cc1cnc(Cl)cn1. The van der Waals surface area contributed by atoms with Crippen molar-refractivity contribution in [3.05, 3.63) is 23.2 Å². The first kappa shape index (κ1) is 10.8. The van der Waals surface area contributed by atoms with E-state index < -0.39 is 0 Å². The van der Waals surface area contributed by atoms with Crippen LogP contribution >= 0.6 is 11.6 Å². The maximum absolute atomic E-state index is 5.69. The molecule has 0 bridgehead atoms. The summed E-state index contributed by atoms with van der Waals surface area (Å²) in [4.78, 5) is 10.7. The van der Waals surface area contributed by atoms with Gasteiger partial charge < -0.3 is 5.32 Å². The number of aromatic nitrogens is 2. The predicted molar refractivity (Wildman–Crippen MR) is 59.8 cm³/mol. The molecule has 0 radical (unpaired) electrons. The average Bonchev–Trinajstić information content (AvgIpc) is 2.25. The Morgan fingerprint density at radius 3 is 3.07 bits per heavy atom. The molecule has 0 aromatic carbocycles. The van der Waals surface area contributed by atoms with Crippen LogP contribution in [-0.2, 0) is 6.54 Å². The van der Waals surface area contributed by atoms with Crippen molar-refractivity contribution in [2.75, 3.05) is 19.6 Å². The largest absolute Gasteiger partial charge is 0.314 e. The zero-order valence-corrected chi connectivity index (χ0v) is 9.54. The van der Waals surface area contributed by atoms with E-state index in [1.807, 2.05) is 0 Å². The molecule has 1 saturated heterocycles. The first-order valence-electron chi connectivity index (χ1n) is 5.17. The molecule has 1 aliphatic heterocycles. The lowest BCUT2D eigenvalue weighted by molar-refractivity contribution is 0.163. The van der Waals surface area contributed by atoms with Crippen molar-refractivity contribution in [2.45, 2.75) is 19.5 Å². The number of hydrogen-bond donors (Lipinski definition) is 1. The van der Waals surface area contributed by atoms with Crippen LogP contribution in [-0.4, -0.2) is 40.5 Å². The molecule has 0 aliphatic carbocycles. The van der Waals surface area contributed by atoms with Crippen LogP contribution < -0.4 is 5.32 Å². The monoisotopic (exact) mass is 226 g/mol. The van der Waals surface area contributed by atoms with Gasteiger partial charge in [0.1, 0.15) is 5.15 Å². The summed E-state index contributed by atoms with van der Waals surface area (Å²) in [6.07, 6.45) is 3.35. The minimum absolute atomic E-state index is 0.451. The lowest BCUT2D eigenvalue weighted by Gasteiger charge is -2.33. The second kappa shape index (κ2) is 4.88. The smallest absolute Gasteiger partial charge is 0.147 e. The number of nitrogens with one attached hydrogen (secondary N) is 1. The highest BCUT2D eigenvalue weighted by Crippen LogP contribution is 2.08. The number of nitrogens with zero attached hydrogens (tertiary/aromatic N) is 3. The maximum atomic E-state index is 5.69. The molecule has 1 aromatic heterocycles. The van der Waals surface area contributed by atoms with E-state index in [0.717, 1.165) is 31.9 Å². The van der Waals surface area contributed by atoms with Crippen molar-refractivity contribution < 1.29 is 0 Å². The standard InChI is InChI=1S/C10H15ClN4/c1-8-4-12-2-3-15(8)7-9-5-14-10(11)6-13-9/h5-6,8,12H,2-4,7H2,1H3/t8-/m0/s1. The van der Waals surface area contributed by atoms with Crippen molar-refractivity contribution >= 4 is 11.6 Å². The minimum atomic E-state index is 0.451. The highest BCUT2D eigenvalue weighted by atomic mass is 35.5. The van der Waals surface area contributed by atoms with Gasteiger partial charge in [-0.25, -0.2) is 4.98 Å². The molecule has 1 fully saturated rings. The molecular formula is C10H15ClN4. The number of piperazine rings is 1. The number of hydrogen-bond acceptors (Lipinski definition) is 4. The lowest BCUT2D eigenvalue weighted by atomic mass is 10.2. The predicted octanol–water partition coefficient (Wildman–Crippen LogP) is 0.924. The van der Waals surface area contributed by atoms with E-state index in [0.29, 0.717) is 11.2 Å². The van der Waals surface area contributed by atoms with Crippen LogP contribution in [0.2, 0.25) is 5.15 Å². The zero-order chi connectivity index (χ0) is 10.7. The van der Waals surface area contributed by atoms with Crippen LogP contribution in [0.3, 0.4) is 0 Å². The molecule has 0 unspecified atom stereocenters. The topological polar surface area (TPSA) is 41.0 Å². The van der Waals surface area contributed by atoms with Crippen molar-refractivity contribution in [1.29, 1.82) is 0 Å². The van der Waals surface area contributed by atoms with Crippen molar-refractivity contribution in [3.63, 3.8) is 0 Å². The Balaban J connectivity index is 1.98. The first-order valence-corrected chi connectivity index (χ1v) is 5.54. The minimum Gasteiger partial charge on any atom is -0.314 e. The summed E-state index contributed by atoms with van der Waals surface area (Å²) in [6, 6.07) is 0.552. The maximum Gasteiger partial charge on any atom is 0.147 e. The molecule has 15 heavy (non-hydrogen) atoms. The third kappa shape index (κ3) is 2.87. The Bertz CT molecular complexity index is 314. The van der Waals surface area contributed by atoms with Crippen molar-refractivity contribution in [1.82, 2.24) is 20.2 Å². The van der Waals surface area contributed by atoms with E-state index in [4.69, 9.17) is 11.6 Å². The van der Waals surface area contributed by atoms with Crippen LogP contribution in [0.4, 0.5) is 0 Å². The fourth-order valence-corrected chi connectivity index (χ4v) is 1.84. The Labute approximate surface area is 94.7 Å². The van der Waals surface area contributed by atoms with Gasteiger partial charge in [0.2, 0.25) is 0 Å². The van der Waals surface area contributed by atoms with Crippen molar-refractivity contribution in [2.24, 2.45) is 0 Å². The van der Waals surface area contributed by atoms with Crippen molar-refractivity contribution in [3.8, 4) is 0 Å². The second-order valence-electron chi connectivity index (χ2n) is 3.85. The summed E-state index contributed by atoms with van der Waals surface area (Å²) >= 11 is 5.69. The Hall–Kier alpha value is -0.710. The molecular weight excluding hydrogens is 212 g/mol. The van der Waals surface area contributed by atoms with Gasteiger partial charge in [0.15, 0.2) is 0 Å². The fourth-order valence-electron chi connectivity index (χ4n) is 1.75. The average molecular weight is 227 g/mol. The molecule has 2 rings (SSSR count). The van der Waals surface area contributed by atoms with E-state index in [9.17, 15) is 0 Å². The Kier molecular flexibility index (Phi) is 3.51. The summed E-state index contributed by atoms with van der Waals surface area (Å²) in [5.41, 5.74) is 0.980. The van der Waals surface area contributed by atoms with Gasteiger partial charge in [0, 0.05) is 32.2 Å². The molecule has 1 aromatic rings. The molecule has 0 spiro atoms. The van der Waals surface area contributed by atoms with Gasteiger partial charge in [0.25, 0.3) is 0 Å². The van der Waals surface area contributed by atoms with E-state index in [2.05, 4.69) is 27.1 Å². The normalized spacial score (nSPS) is 22.9. The third-order valence-electron chi connectivity index (χ3n) is 2.68. The van der Waals surface area contributed by atoms with E-state index in [1.54, 1.807) is 12.4 Å². The number of halogens is 1. The van der Waals surface area contributed by atoms with Crippen LogP contribution in [0.25, 0.3) is 0 Å². The number of rotatable bonds is 2. The molecule has 1 atom stereocenters. The molecule has 4 nitrogen and oxygen atoms in total. The highest BCUT2D eigenvalue weighted by Gasteiger charge is 2.18. The Morgan fingerprint density at radius 2 is 2.40 bits per heavy atom. The van der Waals surface area contributed by atoms with Gasteiger partial charge in [-0.15, -0.1) is 0 Å². The molecule has 0 saturated carbocycles. The lowest BCUT2D eigenvalue weighted by Crippen LogP contribution is -2.49. The quantitative estimate of drug-likeness (QED) is 0.815. The van der Waals surface area contributed by atoms with Gasteiger partial charge in [0.05, 0.1) is 18.1 Å². The van der Waals surface area contributed by atoms with Gasteiger partial charge in [-0.2, -0.15) is 0 Å². The van der Waals surface area contributed by atoms with Gasteiger partial charge in [-0.1, -0.05) is 11.6 Å². The molecule has 2 heterocycles. The summed E-state index contributed by atoms with van der Waals surface area (Å²) in [6.45, 7) is 6.22. The first-order chi connectivity index (χ1) is 7.25. The van der Waals surface area contributed by atoms with Gasteiger partial charge in [-0.3, -0.25) is 9.88 Å². The van der Waals surface area contributed by atoms with Crippen LogP contribution in [0.1, 0.15) is 12.6 Å². The van der Waals surface area contributed by atoms with E-state index in [1.165, 1.54) is 0 Å². The van der Waals surface area contributed by atoms with E-state index >= 15 is 0 Å². The molecule has 1 aliphatic rings. The van der Waals surface area contributed by atoms with Gasteiger partial charge >= 0.3 is 0 Å². The fraction of sp³-hybridized carbons (Fsp3) is 0.600. The van der Waals surface area contributed by atoms with Crippen LogP contribution in [0.5, 0.6) is 0 Å². The molecule has 0 amide bonds. The second-order valence-corrected chi connectivity index (χ2v) is 4.24. The van der Waals surface area contributed by atoms with E-state index in [-0.39, 0.29) is 0 Å². The molecule has 1 N–H and O–H groups in total. The summed E-state index contributed by atoms with van der Waals surface area (Å²) in [5, 5.41) is 3.81. The zero-order valence-electron chi connectivity index (χ0n) is 8.78. The molecule has 5 heteroatoms. The molecule has 82 valence electrons. The summed E-state index contributed by atoms with van der Waals surface area (Å²) in [7, 11) is 0. The summed E-state index contributed by atoms with van der Waals surface area (Å²) < 4.78 is 0. The van der Waals surface area contributed by atoms with Crippen LogP contribution in [0, 0.1) is 0 Å². The van der Waals surface area contributed by atoms with Crippen LogP contribution in [0.15, 0.2) is 12.4 Å². The third-order valence-corrected chi connectivity index (χ3v) is 2.87. The highest BCUT2D eigenvalue weighted by molar-refractivity contribution is 6.29.